The molecule has 0 bridgehead atoms. The molecule has 0 saturated carbocycles. The highest BCUT2D eigenvalue weighted by Gasteiger charge is 2.52. The Labute approximate surface area is 439 Å². The van der Waals surface area contributed by atoms with Gasteiger partial charge in [0.2, 0.25) is 11.6 Å². The molecule has 394 valence electrons. The summed E-state index contributed by atoms with van der Waals surface area (Å²) in [5.41, 5.74) is 2.77. The number of ketones is 1. The number of fused-ring (bicyclic) bond motifs is 2. The number of carbonyl (C=O) groups is 4. The molecule has 6 heterocycles. The maximum absolute atomic E-state index is 11.9. The Morgan fingerprint density at radius 2 is 1.04 bits per heavy atom. The van der Waals surface area contributed by atoms with Crippen LogP contribution in [0.2, 0.25) is 0 Å². The second-order valence-corrected chi connectivity index (χ2v) is 20.7. The molecule has 21 heteroatoms. The Kier molecular flexibility index (Phi) is 19.7. The van der Waals surface area contributed by atoms with Crippen molar-refractivity contribution in [1.82, 2.24) is 14.7 Å². The van der Waals surface area contributed by atoms with Gasteiger partial charge in [-0.2, -0.15) is 0 Å². The van der Waals surface area contributed by atoms with E-state index in [1.54, 1.807) is 33.8 Å². The van der Waals surface area contributed by atoms with Gasteiger partial charge in [-0.1, -0.05) is 44.0 Å². The number of aliphatic hydroxyl groups is 1. The largest absolute Gasteiger partial charge is 0.508 e. The molecule has 0 atom stereocenters. The number of phenols is 1. The van der Waals surface area contributed by atoms with E-state index in [2.05, 4.69) is 31.9 Å². The minimum atomic E-state index is -0.679. The summed E-state index contributed by atoms with van der Waals surface area (Å²) in [7, 11) is -0.408. The van der Waals surface area contributed by atoms with Gasteiger partial charge < -0.3 is 67.4 Å². The van der Waals surface area contributed by atoms with Crippen LogP contribution in [0.1, 0.15) is 104 Å². The van der Waals surface area contributed by atoms with Crippen LogP contribution in [-0.4, -0.2) is 138 Å². The maximum Gasteiger partial charge on any atom is 0.494 e. The van der Waals surface area contributed by atoms with E-state index in [0.717, 1.165) is 37.0 Å². The van der Waals surface area contributed by atoms with Gasteiger partial charge in [-0.3, -0.25) is 4.79 Å². The Hall–Kier alpha value is -4.64. The van der Waals surface area contributed by atoms with E-state index in [1.807, 2.05) is 77.9 Å². The van der Waals surface area contributed by atoms with E-state index in [9.17, 15) is 19.2 Å². The topological polar surface area (TPSA) is 202 Å². The van der Waals surface area contributed by atoms with Gasteiger partial charge in [-0.25, -0.2) is 14.4 Å². The molecule has 2 N–H and O–H groups in total. The lowest BCUT2D eigenvalue weighted by Gasteiger charge is -2.43. The lowest BCUT2D eigenvalue weighted by molar-refractivity contribution is -0.226. The van der Waals surface area contributed by atoms with Gasteiger partial charge in [-0.05, 0) is 96.4 Å². The Bertz CT molecular complexity index is 2330. The van der Waals surface area contributed by atoms with Crippen LogP contribution in [0.4, 0.5) is 14.4 Å². The number of hydrogen-bond donors (Lipinski definition) is 2. The van der Waals surface area contributed by atoms with Crippen molar-refractivity contribution in [3.8, 4) is 17.2 Å². The first-order valence-corrected chi connectivity index (χ1v) is 26.1. The van der Waals surface area contributed by atoms with Gasteiger partial charge in [0.05, 0.1) is 50.8 Å². The number of benzene rings is 3. The van der Waals surface area contributed by atoms with Crippen LogP contribution in [-0.2, 0) is 57.6 Å². The fourth-order valence-corrected chi connectivity index (χ4v) is 9.21. The average Bonchev–Trinajstić information content (AvgIpc) is 3.59. The molecule has 3 aromatic carbocycles. The monoisotopic (exact) mass is 1130 g/mol. The van der Waals surface area contributed by atoms with Crippen molar-refractivity contribution in [3.05, 3.63) is 80.2 Å². The lowest BCUT2D eigenvalue weighted by Crippen LogP contribution is -2.52. The van der Waals surface area contributed by atoms with E-state index in [-0.39, 0.29) is 47.6 Å². The van der Waals surface area contributed by atoms with Crippen LogP contribution in [0, 0.1) is 0 Å². The minimum absolute atomic E-state index is 0.130. The minimum Gasteiger partial charge on any atom is -0.508 e. The molecule has 0 radical (unpaired) electrons. The van der Waals surface area contributed by atoms with Crippen LogP contribution >= 0.6 is 31.9 Å². The number of likely N-dealkylation sites (tertiary alicyclic amines) is 3. The third-order valence-corrected chi connectivity index (χ3v) is 14.4. The standard InChI is InChI=1S/C21H30BNO6.C15H18BrNO4.C8H13NO3.C7H7BrO2/c1-6-25-18(24)23-11-9-21(10-12-23)26-14-15-13-16(7-8-17(15)27-21)22-28-19(2,3)20(4,5)29-22;1-2-19-14(18)17-7-5-15(6-8-17)20-10-11-9-12(16)3-4-13(11)21-15;1-2-12-8(11)9-5-3-7(10)4-6-9;8-6-1-2-7(10)5(3-6)4-9/h7-8,13H,6,9-12,14H2,1-5H3;3-4,9H,2,5-8,10H2,1H3;2-6H2,1H3;1-3,9-10H,4H2. The summed E-state index contributed by atoms with van der Waals surface area (Å²) in [6, 6.07) is 16.9. The van der Waals surface area contributed by atoms with Crippen molar-refractivity contribution in [3.63, 3.8) is 0 Å². The SMILES string of the molecule is CCOC(=O)N1CCC(=O)CC1.CCOC(=O)N1CCC2(CC1)OCc1cc(B3OC(C)(C)C(C)(C)O3)ccc1O2.CCOC(=O)N1CCC2(CC1)OCc1cc(Br)ccc1O2.OCc1cc(Br)ccc1O. The number of Topliss-reactive ketones (excluding diaryl/α,β-unsaturated/α-hetero) is 1. The van der Waals surface area contributed by atoms with Crippen molar-refractivity contribution in [2.75, 3.05) is 59.1 Å². The predicted octanol–water partition coefficient (Wildman–Crippen LogP) is 8.60. The first-order chi connectivity index (χ1) is 34.2. The molecule has 6 aliphatic rings. The number of carbonyl (C=O) groups excluding carboxylic acids is 4. The van der Waals surface area contributed by atoms with Gasteiger partial charge in [-0.15, -0.1) is 0 Å². The zero-order chi connectivity index (χ0) is 52.3. The molecule has 72 heavy (non-hydrogen) atoms. The normalized spacial score (nSPS) is 19.8. The molecular formula is C51H68BBr2N3O15. The third kappa shape index (κ3) is 14.6. The smallest absolute Gasteiger partial charge is 0.494 e. The number of nitrogens with zero attached hydrogens (tertiary/aromatic N) is 3. The van der Waals surface area contributed by atoms with Crippen LogP contribution < -0.4 is 14.9 Å². The first-order valence-electron chi connectivity index (χ1n) is 24.5. The van der Waals surface area contributed by atoms with E-state index in [1.165, 1.54) is 6.07 Å². The van der Waals surface area contributed by atoms with E-state index >= 15 is 0 Å². The summed E-state index contributed by atoms with van der Waals surface area (Å²) in [6.45, 7) is 18.9. The summed E-state index contributed by atoms with van der Waals surface area (Å²) in [6.07, 6.45) is 2.65. The fraction of sp³-hybridized carbons (Fsp3) is 0.569. The van der Waals surface area contributed by atoms with Crippen molar-refractivity contribution in [1.29, 1.82) is 0 Å². The number of ether oxygens (including phenoxy) is 7. The molecule has 0 aliphatic carbocycles. The molecule has 9 rings (SSSR count). The summed E-state index contributed by atoms with van der Waals surface area (Å²) in [4.78, 5) is 50.5. The van der Waals surface area contributed by atoms with Gasteiger partial charge in [0.25, 0.3) is 0 Å². The van der Waals surface area contributed by atoms with Crippen molar-refractivity contribution < 1.29 is 71.9 Å². The van der Waals surface area contributed by atoms with Crippen LogP contribution in [0.15, 0.2) is 63.5 Å². The molecule has 2 spiro atoms. The highest BCUT2D eigenvalue weighted by Crippen LogP contribution is 2.41. The number of aromatic hydroxyl groups is 1. The van der Waals surface area contributed by atoms with Gasteiger partial charge in [0.15, 0.2) is 0 Å². The van der Waals surface area contributed by atoms with E-state index in [4.69, 9.17) is 52.7 Å². The highest BCUT2D eigenvalue weighted by molar-refractivity contribution is 9.10. The molecule has 4 fully saturated rings. The molecule has 18 nitrogen and oxygen atoms in total. The summed E-state index contributed by atoms with van der Waals surface area (Å²) >= 11 is 6.66. The second-order valence-electron chi connectivity index (χ2n) is 18.8. The van der Waals surface area contributed by atoms with Gasteiger partial charge >= 0.3 is 25.4 Å². The third-order valence-electron chi connectivity index (χ3n) is 13.4. The summed E-state index contributed by atoms with van der Waals surface area (Å²) < 4.78 is 53.5. The lowest BCUT2D eigenvalue weighted by atomic mass is 9.78. The zero-order valence-corrected chi connectivity index (χ0v) is 45.5. The highest BCUT2D eigenvalue weighted by atomic mass is 79.9. The fourth-order valence-electron chi connectivity index (χ4n) is 8.39. The molecule has 0 unspecified atom stereocenters. The quantitative estimate of drug-likeness (QED) is 0.182. The number of hydrogen-bond acceptors (Lipinski definition) is 15. The number of halogens is 2. The Morgan fingerprint density at radius 3 is 1.49 bits per heavy atom. The van der Waals surface area contributed by atoms with Gasteiger partial charge in [0.1, 0.15) is 23.0 Å². The molecule has 3 aromatic rings. The zero-order valence-electron chi connectivity index (χ0n) is 42.3. The van der Waals surface area contributed by atoms with Gasteiger partial charge in [0, 0.05) is 103 Å². The van der Waals surface area contributed by atoms with Crippen molar-refractivity contribution in [2.45, 2.75) is 130 Å². The van der Waals surface area contributed by atoms with Crippen LogP contribution in [0.25, 0.3) is 0 Å². The predicted molar refractivity (Wildman–Crippen MR) is 273 cm³/mol. The number of rotatable bonds is 5. The maximum atomic E-state index is 11.9. The average molecular weight is 1130 g/mol. The van der Waals surface area contributed by atoms with Crippen molar-refractivity contribution >= 4 is 68.5 Å². The summed E-state index contributed by atoms with van der Waals surface area (Å²) in [5, 5.41) is 17.7. The number of piperidine rings is 3. The Balaban J connectivity index is 0.000000171. The second kappa shape index (κ2) is 25.1. The Morgan fingerprint density at radius 1 is 0.625 bits per heavy atom. The first kappa shape index (κ1) is 56.7. The molecule has 6 aliphatic heterocycles. The number of amides is 3. The van der Waals surface area contributed by atoms with E-state index in [0.29, 0.717) is 116 Å². The van der Waals surface area contributed by atoms with Crippen molar-refractivity contribution in [2.24, 2.45) is 0 Å². The number of aliphatic hydroxyl groups excluding tert-OH is 1. The van der Waals surface area contributed by atoms with Crippen LogP contribution in [0.5, 0.6) is 17.2 Å². The molecular weight excluding hydrogens is 1070 g/mol. The van der Waals surface area contributed by atoms with E-state index < -0.39 is 18.7 Å². The van der Waals surface area contributed by atoms with Crippen LogP contribution in [0.3, 0.4) is 0 Å². The molecule has 3 amide bonds. The summed E-state index contributed by atoms with van der Waals surface area (Å²) in [5.74, 6) is 0.766. The molecule has 0 aromatic heterocycles. The molecule has 4 saturated heterocycles.